The van der Waals surface area contributed by atoms with Gasteiger partial charge in [-0.25, -0.2) is 0 Å². The van der Waals surface area contributed by atoms with E-state index in [-0.39, 0.29) is 57.1 Å². The van der Waals surface area contributed by atoms with Gasteiger partial charge in [-0.3, -0.25) is 19.2 Å². The van der Waals surface area contributed by atoms with Crippen molar-refractivity contribution in [2.24, 2.45) is 5.41 Å². The highest BCUT2D eigenvalue weighted by atomic mass is 16.7. The number of unbranched alkanes of at least 4 members (excludes halogenated alkanes) is 1. The van der Waals surface area contributed by atoms with Gasteiger partial charge in [0.15, 0.2) is 12.6 Å². The molecule has 0 aromatic heterocycles. The lowest BCUT2D eigenvalue weighted by Crippen LogP contribution is -2.50. The first-order chi connectivity index (χ1) is 20.3. The van der Waals surface area contributed by atoms with E-state index >= 15 is 0 Å². The van der Waals surface area contributed by atoms with Gasteiger partial charge in [0.05, 0.1) is 31.8 Å². The number of nitrogens with one attached hydrogen (secondary N) is 3. The quantitative estimate of drug-likeness (QED) is 0.149. The van der Waals surface area contributed by atoms with Crippen molar-refractivity contribution in [3.05, 3.63) is 0 Å². The van der Waals surface area contributed by atoms with Gasteiger partial charge in [-0.05, 0) is 52.4 Å². The smallest absolute Gasteiger partial charge is 0.243 e. The van der Waals surface area contributed by atoms with Gasteiger partial charge in [0.1, 0.15) is 24.0 Å². The van der Waals surface area contributed by atoms with Crippen LogP contribution in [0.25, 0.3) is 0 Å². The van der Waals surface area contributed by atoms with Gasteiger partial charge in [0.25, 0.3) is 0 Å². The molecule has 5 N–H and O–H groups in total. The maximum absolute atomic E-state index is 13.0. The number of aliphatic hydroxyl groups is 2. The van der Waals surface area contributed by atoms with Gasteiger partial charge in [0, 0.05) is 31.3 Å². The molecule has 2 fully saturated rings. The van der Waals surface area contributed by atoms with Gasteiger partial charge in [-0.15, -0.1) is 0 Å². The molecular formula is C30H53N3O10. The summed E-state index contributed by atoms with van der Waals surface area (Å²) in [7, 11) is 0. The summed E-state index contributed by atoms with van der Waals surface area (Å²) in [5.41, 5.74) is -0.436. The first-order valence-electron chi connectivity index (χ1n) is 15.5. The monoisotopic (exact) mass is 615 g/mol. The highest BCUT2D eigenvalue weighted by Gasteiger charge is 2.30. The summed E-state index contributed by atoms with van der Waals surface area (Å²) in [5.74, 6) is -1.31. The molecule has 0 spiro atoms. The number of rotatable bonds is 17. The summed E-state index contributed by atoms with van der Waals surface area (Å²) in [4.78, 5) is 50.4. The third-order valence-electron chi connectivity index (χ3n) is 7.42. The summed E-state index contributed by atoms with van der Waals surface area (Å²) in [6.07, 6.45) is 0.693. The molecule has 2 rings (SSSR count). The van der Waals surface area contributed by atoms with Gasteiger partial charge < -0.3 is 45.1 Å². The zero-order chi connectivity index (χ0) is 32.0. The van der Waals surface area contributed by atoms with Crippen molar-refractivity contribution in [2.45, 2.75) is 135 Å². The van der Waals surface area contributed by atoms with E-state index in [0.717, 1.165) is 12.8 Å². The zero-order valence-electron chi connectivity index (χ0n) is 26.4. The topological polar surface area (TPSA) is 182 Å². The number of hydrogen-bond donors (Lipinski definition) is 5. The second-order valence-electron chi connectivity index (χ2n) is 12.5. The van der Waals surface area contributed by atoms with E-state index in [1.807, 2.05) is 34.6 Å². The third kappa shape index (κ3) is 14.4. The van der Waals surface area contributed by atoms with Crippen molar-refractivity contribution < 1.29 is 48.3 Å². The van der Waals surface area contributed by atoms with Gasteiger partial charge in [0.2, 0.25) is 17.7 Å². The summed E-state index contributed by atoms with van der Waals surface area (Å²) in [5, 5.41) is 28.0. The van der Waals surface area contributed by atoms with Crippen molar-refractivity contribution in [3.8, 4) is 0 Å². The largest absolute Gasteiger partial charge is 0.388 e. The lowest BCUT2D eigenvalue weighted by Gasteiger charge is -2.32. The van der Waals surface area contributed by atoms with Crippen LogP contribution in [0.1, 0.15) is 92.4 Å². The number of ether oxygens (including phenoxy) is 4. The lowest BCUT2D eigenvalue weighted by atomic mass is 9.88. The molecule has 0 radical (unpaired) electrons. The van der Waals surface area contributed by atoms with Crippen LogP contribution in [0.4, 0.5) is 0 Å². The van der Waals surface area contributed by atoms with E-state index in [1.165, 1.54) is 0 Å². The van der Waals surface area contributed by atoms with Crippen LogP contribution >= 0.6 is 0 Å². The second-order valence-corrected chi connectivity index (χ2v) is 12.5. The van der Waals surface area contributed by atoms with Crippen LogP contribution in [-0.4, -0.2) is 103 Å². The van der Waals surface area contributed by atoms with Crippen LogP contribution in [0.5, 0.6) is 0 Å². The minimum Gasteiger partial charge on any atom is -0.388 e. The number of carbonyl (C=O) groups is 4. The summed E-state index contributed by atoms with van der Waals surface area (Å²) < 4.78 is 22.3. The number of hydrogen-bond acceptors (Lipinski definition) is 10. The first kappa shape index (κ1) is 37.0. The third-order valence-corrected chi connectivity index (χ3v) is 7.42. The predicted molar refractivity (Wildman–Crippen MR) is 157 cm³/mol. The molecule has 13 heteroatoms. The highest BCUT2D eigenvalue weighted by Crippen LogP contribution is 2.21. The van der Waals surface area contributed by atoms with Crippen molar-refractivity contribution >= 4 is 23.5 Å². The average Bonchev–Trinajstić information content (AvgIpc) is 2.93. The molecule has 13 nitrogen and oxygen atoms in total. The fourth-order valence-corrected chi connectivity index (χ4v) is 4.68. The summed E-state index contributed by atoms with van der Waals surface area (Å²) in [6, 6.07) is -1.13. The van der Waals surface area contributed by atoms with E-state index < -0.39 is 54.0 Å². The molecule has 2 saturated heterocycles. The van der Waals surface area contributed by atoms with E-state index in [9.17, 15) is 29.4 Å². The Bertz CT molecular complexity index is 896. The number of aliphatic hydroxyl groups excluding tert-OH is 2. The molecular weight excluding hydrogens is 562 g/mol. The van der Waals surface area contributed by atoms with Crippen LogP contribution in [0, 0.1) is 5.41 Å². The van der Waals surface area contributed by atoms with Crippen molar-refractivity contribution in [1.82, 2.24) is 16.0 Å². The Labute approximate surface area is 255 Å². The molecule has 0 saturated carbocycles. The molecule has 0 aromatic carbocycles. The van der Waals surface area contributed by atoms with Crippen LogP contribution in [-0.2, 0) is 38.1 Å². The van der Waals surface area contributed by atoms with Crippen molar-refractivity contribution in [1.29, 1.82) is 0 Å². The van der Waals surface area contributed by atoms with E-state index in [4.69, 9.17) is 18.9 Å². The molecule has 0 unspecified atom stereocenters. The van der Waals surface area contributed by atoms with Gasteiger partial charge in [-0.1, -0.05) is 20.8 Å². The normalized spacial score (nSPS) is 26.8. The molecule has 3 amide bonds. The maximum atomic E-state index is 13.0. The van der Waals surface area contributed by atoms with Gasteiger partial charge >= 0.3 is 0 Å². The van der Waals surface area contributed by atoms with E-state index in [2.05, 4.69) is 16.0 Å². The van der Waals surface area contributed by atoms with Crippen molar-refractivity contribution in [2.75, 3.05) is 26.3 Å². The Morgan fingerprint density at radius 1 is 0.791 bits per heavy atom. The predicted octanol–water partition coefficient (Wildman–Crippen LogP) is 1.07. The highest BCUT2D eigenvalue weighted by molar-refractivity contribution is 5.92. The van der Waals surface area contributed by atoms with Crippen LogP contribution in [0.15, 0.2) is 0 Å². The molecule has 0 aliphatic carbocycles. The zero-order valence-corrected chi connectivity index (χ0v) is 26.4. The lowest BCUT2D eigenvalue weighted by molar-refractivity contribution is -0.235. The van der Waals surface area contributed by atoms with E-state index in [1.54, 1.807) is 0 Å². The van der Waals surface area contributed by atoms with Crippen LogP contribution < -0.4 is 16.0 Å². The Kier molecular flexibility index (Phi) is 16.0. The number of carbonyl (C=O) groups excluding carboxylic acids is 4. The number of ketones is 1. The SMILES string of the molecule is C[C@H]1CC[C@H](O)[C@H](OCCNC(=O)C[C@H](NC(=O)CCCCC(=O)C(C)(C)C)C(=O)NCCO[C@@H]2O[C@@H](C)CC[C@@H]2O)O1. The average molecular weight is 616 g/mol. The van der Waals surface area contributed by atoms with Crippen LogP contribution in [0.2, 0.25) is 0 Å². The first-order valence-corrected chi connectivity index (χ1v) is 15.5. The Morgan fingerprint density at radius 2 is 1.30 bits per heavy atom. The van der Waals surface area contributed by atoms with Gasteiger partial charge in [-0.2, -0.15) is 0 Å². The standard InChI is InChI=1S/C30H53N3O10/c1-19-10-12-22(34)28(42-19)40-16-14-31-26(38)18-21(33-25(37)9-7-6-8-24(36)30(3,4)5)27(39)32-15-17-41-29-23(35)13-11-20(2)43-29/h19-23,28-29,34-35H,6-18H2,1-5H3,(H,31,38)(H,32,39)(H,33,37)/t19-,20-,21-,22-,23-,28+,29+/m0/s1. The van der Waals surface area contributed by atoms with Crippen molar-refractivity contribution in [3.63, 3.8) is 0 Å². The fraction of sp³-hybridized carbons (Fsp3) is 0.867. The Hall–Kier alpha value is -2.16. The molecule has 7 atom stereocenters. The molecule has 2 heterocycles. The number of amides is 3. The maximum Gasteiger partial charge on any atom is 0.243 e. The Morgan fingerprint density at radius 3 is 1.84 bits per heavy atom. The Balaban J connectivity index is 1.82. The second kappa shape index (κ2) is 18.6. The minimum absolute atomic E-state index is 0.0286. The van der Waals surface area contributed by atoms with E-state index in [0.29, 0.717) is 32.1 Å². The summed E-state index contributed by atoms with van der Waals surface area (Å²) >= 11 is 0. The molecule has 0 aromatic rings. The number of Topliss-reactive ketones (excluding diaryl/α,β-unsaturated/α-hetero) is 1. The molecule has 2 aliphatic heterocycles. The molecule has 2 aliphatic rings. The summed E-state index contributed by atoms with van der Waals surface area (Å²) in [6.45, 7) is 9.73. The van der Waals surface area contributed by atoms with Crippen LogP contribution in [0.3, 0.4) is 0 Å². The molecule has 0 bridgehead atoms. The fourth-order valence-electron chi connectivity index (χ4n) is 4.68. The molecule has 43 heavy (non-hydrogen) atoms. The molecule has 248 valence electrons. The minimum atomic E-state index is -1.13.